The predicted octanol–water partition coefficient (Wildman–Crippen LogP) is 6.28. The quantitative estimate of drug-likeness (QED) is 0.446. The lowest BCUT2D eigenvalue weighted by Gasteiger charge is -2.29. The molecular formula is C23H24Cl2N2O. The first kappa shape index (κ1) is 20.5. The summed E-state index contributed by atoms with van der Waals surface area (Å²) in [5, 5.41) is 1.21. The summed E-state index contributed by atoms with van der Waals surface area (Å²) in [4.78, 5) is 15.1. The molecule has 0 spiro atoms. The Hall–Kier alpha value is -2.23. The summed E-state index contributed by atoms with van der Waals surface area (Å²) in [7, 11) is 0. The molecule has 0 aliphatic rings. The van der Waals surface area contributed by atoms with Crippen LogP contribution in [0.15, 0.2) is 66.9 Å². The Bertz CT molecular complexity index is 951. The smallest absolute Gasteiger partial charge is 0.255 e. The van der Waals surface area contributed by atoms with E-state index >= 15 is 0 Å². The summed E-state index contributed by atoms with van der Waals surface area (Å²) in [5.74, 6) is -0.0459. The first-order chi connectivity index (χ1) is 13.5. The average Bonchev–Trinajstić information content (AvgIpc) is 3.12. The van der Waals surface area contributed by atoms with Crippen LogP contribution < -0.4 is 0 Å². The molecule has 0 bridgehead atoms. The van der Waals surface area contributed by atoms with Gasteiger partial charge in [0, 0.05) is 29.5 Å². The number of nitrogens with zero attached hydrogens (tertiary/aromatic N) is 2. The average molecular weight is 415 g/mol. The number of rotatable bonds is 7. The number of hydrogen-bond donors (Lipinski definition) is 0. The van der Waals surface area contributed by atoms with Crippen molar-refractivity contribution in [2.45, 2.75) is 39.4 Å². The van der Waals surface area contributed by atoms with Gasteiger partial charge in [-0.25, -0.2) is 0 Å². The maximum absolute atomic E-state index is 13.2. The molecule has 1 atom stereocenters. The molecule has 0 saturated carbocycles. The van der Waals surface area contributed by atoms with Crippen molar-refractivity contribution < 1.29 is 4.79 Å². The second-order valence-corrected chi connectivity index (χ2v) is 7.77. The molecule has 0 fully saturated rings. The highest BCUT2D eigenvalue weighted by Crippen LogP contribution is 2.22. The molecule has 3 aromatic rings. The van der Waals surface area contributed by atoms with Gasteiger partial charge in [0.15, 0.2) is 0 Å². The maximum Gasteiger partial charge on any atom is 0.255 e. The molecule has 0 aliphatic heterocycles. The van der Waals surface area contributed by atoms with E-state index in [0.29, 0.717) is 23.7 Å². The zero-order valence-electron chi connectivity index (χ0n) is 16.1. The lowest BCUT2D eigenvalue weighted by atomic mass is 10.1. The molecule has 1 amide bonds. The van der Waals surface area contributed by atoms with E-state index in [9.17, 15) is 4.79 Å². The third-order valence-electron chi connectivity index (χ3n) is 4.99. The SMILES string of the molecule is CC[C@@H](C)N(Cc1cccn1Cc1cccc(Cl)c1)C(=O)c1ccccc1Cl. The van der Waals surface area contributed by atoms with Crippen molar-refractivity contribution in [3.05, 3.63) is 93.7 Å². The van der Waals surface area contributed by atoms with Gasteiger partial charge in [-0.15, -0.1) is 0 Å². The Morgan fingerprint density at radius 2 is 1.86 bits per heavy atom. The molecule has 5 heteroatoms. The van der Waals surface area contributed by atoms with Crippen LogP contribution in [0.25, 0.3) is 0 Å². The van der Waals surface area contributed by atoms with Gasteiger partial charge in [0.2, 0.25) is 0 Å². The molecule has 1 heterocycles. The minimum Gasteiger partial charge on any atom is -0.345 e. The van der Waals surface area contributed by atoms with E-state index in [2.05, 4.69) is 30.5 Å². The number of benzene rings is 2. The number of hydrogen-bond acceptors (Lipinski definition) is 1. The molecule has 0 radical (unpaired) electrons. The second-order valence-electron chi connectivity index (χ2n) is 6.93. The molecule has 2 aromatic carbocycles. The van der Waals surface area contributed by atoms with E-state index in [1.165, 1.54) is 0 Å². The van der Waals surface area contributed by atoms with Gasteiger partial charge in [-0.2, -0.15) is 0 Å². The monoisotopic (exact) mass is 414 g/mol. The van der Waals surface area contributed by atoms with Crippen LogP contribution in [0, 0.1) is 0 Å². The number of halogens is 2. The van der Waals surface area contributed by atoms with E-state index in [0.717, 1.165) is 22.7 Å². The Labute approximate surface area is 176 Å². The van der Waals surface area contributed by atoms with Crippen molar-refractivity contribution in [2.24, 2.45) is 0 Å². The summed E-state index contributed by atoms with van der Waals surface area (Å²) in [6.45, 7) is 5.38. The molecule has 0 aliphatic carbocycles. The Morgan fingerprint density at radius 1 is 1.07 bits per heavy atom. The fourth-order valence-electron chi connectivity index (χ4n) is 3.19. The molecule has 0 N–H and O–H groups in total. The van der Waals surface area contributed by atoms with E-state index in [1.54, 1.807) is 12.1 Å². The summed E-state index contributed by atoms with van der Waals surface area (Å²) < 4.78 is 2.15. The van der Waals surface area contributed by atoms with Crippen LogP contribution in [0.4, 0.5) is 0 Å². The molecule has 3 nitrogen and oxygen atoms in total. The van der Waals surface area contributed by atoms with Gasteiger partial charge >= 0.3 is 0 Å². The van der Waals surface area contributed by atoms with Crippen LogP contribution in [0.1, 0.15) is 41.9 Å². The van der Waals surface area contributed by atoms with Crippen molar-refractivity contribution in [3.63, 3.8) is 0 Å². The number of carbonyl (C=O) groups is 1. The Kier molecular flexibility index (Phi) is 6.82. The Morgan fingerprint density at radius 3 is 2.57 bits per heavy atom. The third-order valence-corrected chi connectivity index (χ3v) is 5.55. The summed E-state index contributed by atoms with van der Waals surface area (Å²) in [6, 6.07) is 19.2. The van der Waals surface area contributed by atoms with Gasteiger partial charge in [-0.3, -0.25) is 4.79 Å². The van der Waals surface area contributed by atoms with Gasteiger partial charge < -0.3 is 9.47 Å². The maximum atomic E-state index is 13.2. The largest absolute Gasteiger partial charge is 0.345 e. The molecule has 0 saturated heterocycles. The van der Waals surface area contributed by atoms with Gasteiger partial charge in [0.25, 0.3) is 5.91 Å². The first-order valence-corrected chi connectivity index (χ1v) is 10.2. The van der Waals surface area contributed by atoms with Crippen LogP contribution in [-0.4, -0.2) is 21.4 Å². The lowest BCUT2D eigenvalue weighted by molar-refractivity contribution is 0.0667. The van der Waals surface area contributed by atoms with Crippen LogP contribution in [-0.2, 0) is 13.1 Å². The molecule has 28 heavy (non-hydrogen) atoms. The van der Waals surface area contributed by atoms with Crippen LogP contribution in [0.5, 0.6) is 0 Å². The fourth-order valence-corrected chi connectivity index (χ4v) is 3.62. The highest BCUT2D eigenvalue weighted by molar-refractivity contribution is 6.33. The normalized spacial score (nSPS) is 12.0. The van der Waals surface area contributed by atoms with Gasteiger partial charge in [0.05, 0.1) is 17.1 Å². The molecule has 0 unspecified atom stereocenters. The lowest BCUT2D eigenvalue weighted by Crippen LogP contribution is -2.38. The molecule has 3 rings (SSSR count). The number of amides is 1. The van der Waals surface area contributed by atoms with Gasteiger partial charge in [0.1, 0.15) is 0 Å². The van der Waals surface area contributed by atoms with E-state index in [1.807, 2.05) is 47.5 Å². The molecule has 146 valence electrons. The standard InChI is InChI=1S/C23H24Cl2N2O/c1-3-17(2)27(23(28)21-11-4-5-12-22(21)25)16-20-10-7-13-26(20)15-18-8-6-9-19(24)14-18/h4-14,17H,3,15-16H2,1-2H3/t17-/m1/s1. The van der Waals surface area contributed by atoms with Crippen molar-refractivity contribution in [1.82, 2.24) is 9.47 Å². The van der Waals surface area contributed by atoms with Crippen LogP contribution in [0.3, 0.4) is 0 Å². The summed E-state index contributed by atoms with van der Waals surface area (Å²) in [5.41, 5.74) is 2.73. The molecular weight excluding hydrogens is 391 g/mol. The van der Waals surface area contributed by atoms with Crippen molar-refractivity contribution in [2.75, 3.05) is 0 Å². The van der Waals surface area contributed by atoms with Crippen LogP contribution >= 0.6 is 23.2 Å². The first-order valence-electron chi connectivity index (χ1n) is 9.43. The number of aromatic nitrogens is 1. The number of carbonyl (C=O) groups excluding carboxylic acids is 1. The van der Waals surface area contributed by atoms with Crippen molar-refractivity contribution in [3.8, 4) is 0 Å². The van der Waals surface area contributed by atoms with Gasteiger partial charge in [-0.05, 0) is 55.3 Å². The van der Waals surface area contributed by atoms with Gasteiger partial charge in [-0.1, -0.05) is 54.4 Å². The van der Waals surface area contributed by atoms with Crippen molar-refractivity contribution in [1.29, 1.82) is 0 Å². The summed E-state index contributed by atoms with van der Waals surface area (Å²) >= 11 is 12.4. The van der Waals surface area contributed by atoms with Crippen molar-refractivity contribution >= 4 is 29.1 Å². The zero-order valence-corrected chi connectivity index (χ0v) is 17.6. The minimum atomic E-state index is -0.0459. The van der Waals surface area contributed by atoms with E-state index in [-0.39, 0.29) is 11.9 Å². The van der Waals surface area contributed by atoms with E-state index in [4.69, 9.17) is 23.2 Å². The molecule has 1 aromatic heterocycles. The fraction of sp³-hybridized carbons (Fsp3) is 0.261. The topological polar surface area (TPSA) is 25.2 Å². The zero-order chi connectivity index (χ0) is 20.1. The summed E-state index contributed by atoms with van der Waals surface area (Å²) in [6.07, 6.45) is 2.90. The predicted molar refractivity (Wildman–Crippen MR) is 116 cm³/mol. The van der Waals surface area contributed by atoms with E-state index < -0.39 is 0 Å². The highest BCUT2D eigenvalue weighted by atomic mass is 35.5. The van der Waals surface area contributed by atoms with Crippen LogP contribution in [0.2, 0.25) is 10.0 Å². The third kappa shape index (κ3) is 4.78. The Balaban J connectivity index is 1.86. The highest BCUT2D eigenvalue weighted by Gasteiger charge is 2.23. The minimum absolute atomic E-state index is 0.0459. The second kappa shape index (κ2) is 9.31.